The Bertz CT molecular complexity index is 858. The second-order valence-corrected chi connectivity index (χ2v) is 7.55. The van der Waals surface area contributed by atoms with Crippen LogP contribution in [0.15, 0.2) is 35.3 Å². The number of para-hydroxylation sites is 1. The van der Waals surface area contributed by atoms with E-state index in [2.05, 4.69) is 12.1 Å². The summed E-state index contributed by atoms with van der Waals surface area (Å²) in [5, 5.41) is 10.9. The summed E-state index contributed by atoms with van der Waals surface area (Å²) in [6.45, 7) is 1.84. The maximum absolute atomic E-state index is 11.9. The molecule has 0 aliphatic heterocycles. The number of carboxylic acid groups (broad SMARTS) is 1. The van der Waals surface area contributed by atoms with Crippen LogP contribution in [-0.4, -0.2) is 21.8 Å². The quantitative estimate of drug-likeness (QED) is 0.863. The Kier molecular flexibility index (Phi) is 4.06. The number of rotatable bonds is 2. The Hall–Kier alpha value is -2.23. The van der Waals surface area contributed by atoms with Crippen molar-refractivity contribution in [3.8, 4) is 0 Å². The summed E-state index contributed by atoms with van der Waals surface area (Å²) in [6, 6.07) is 10.4. The summed E-state index contributed by atoms with van der Waals surface area (Å²) in [4.78, 5) is 21.7. The summed E-state index contributed by atoms with van der Waals surface area (Å²) >= 11 is 0. The van der Waals surface area contributed by atoms with Gasteiger partial charge in [-0.1, -0.05) is 24.6 Å². The first-order valence-corrected chi connectivity index (χ1v) is 9.27. The zero-order valence-electron chi connectivity index (χ0n) is 14.7. The van der Waals surface area contributed by atoms with Crippen molar-refractivity contribution in [3.05, 3.63) is 41.6 Å². The van der Waals surface area contributed by atoms with Crippen molar-refractivity contribution in [2.75, 3.05) is 0 Å². The number of hydrogen-bond acceptors (Lipinski definition) is 3. The van der Waals surface area contributed by atoms with Gasteiger partial charge >= 0.3 is 5.97 Å². The number of aryl methyl sites for hydroxylation is 1. The summed E-state index contributed by atoms with van der Waals surface area (Å²) < 4.78 is 0. The highest BCUT2D eigenvalue weighted by molar-refractivity contribution is 6.06. The number of hydrogen-bond donors (Lipinski definition) is 1. The van der Waals surface area contributed by atoms with Gasteiger partial charge in [0.2, 0.25) is 0 Å². The van der Waals surface area contributed by atoms with Crippen LogP contribution in [0.2, 0.25) is 0 Å². The third kappa shape index (κ3) is 2.84. The molecule has 0 saturated heterocycles. The minimum Gasteiger partial charge on any atom is -0.481 e. The van der Waals surface area contributed by atoms with Crippen LogP contribution in [0, 0.1) is 5.41 Å². The molecule has 0 bridgehead atoms. The van der Waals surface area contributed by atoms with Gasteiger partial charge in [0.15, 0.2) is 0 Å². The van der Waals surface area contributed by atoms with Gasteiger partial charge in [0.25, 0.3) is 0 Å². The van der Waals surface area contributed by atoms with Crippen molar-refractivity contribution < 1.29 is 9.90 Å². The van der Waals surface area contributed by atoms with E-state index in [-0.39, 0.29) is 6.04 Å². The van der Waals surface area contributed by atoms with E-state index < -0.39 is 11.4 Å². The lowest BCUT2D eigenvalue weighted by atomic mass is 9.73. The maximum Gasteiger partial charge on any atom is 0.315 e. The van der Waals surface area contributed by atoms with Crippen LogP contribution in [0.25, 0.3) is 10.9 Å². The molecular formula is C21H24N2O2. The van der Waals surface area contributed by atoms with Crippen LogP contribution in [0.1, 0.15) is 62.7 Å². The van der Waals surface area contributed by atoms with Gasteiger partial charge in [-0.05, 0) is 63.1 Å². The number of carbonyl (C=O) groups is 1. The lowest BCUT2D eigenvalue weighted by Crippen LogP contribution is -2.39. The molecule has 0 amide bonds. The van der Waals surface area contributed by atoms with Crippen LogP contribution in [0.4, 0.5) is 0 Å². The maximum atomic E-state index is 11.9. The SMILES string of the molecule is CC1(C(=O)O)CCCCC1=NC1CCCc2nc3ccccc3cc21. The first kappa shape index (κ1) is 16.2. The molecule has 4 rings (SSSR count). The number of aliphatic carboxylic acids is 1. The van der Waals surface area contributed by atoms with Crippen LogP contribution < -0.4 is 0 Å². The summed E-state index contributed by atoms with van der Waals surface area (Å²) in [5.41, 5.74) is 3.42. The van der Waals surface area contributed by atoms with Gasteiger partial charge in [0, 0.05) is 16.8 Å². The van der Waals surface area contributed by atoms with Gasteiger partial charge in [0.05, 0.1) is 11.6 Å². The predicted octanol–water partition coefficient (Wildman–Crippen LogP) is 4.72. The van der Waals surface area contributed by atoms with E-state index >= 15 is 0 Å². The van der Waals surface area contributed by atoms with E-state index in [9.17, 15) is 9.90 Å². The number of nitrogens with zero attached hydrogens (tertiary/aromatic N) is 2. The van der Waals surface area contributed by atoms with Gasteiger partial charge in [-0.25, -0.2) is 0 Å². The molecule has 2 aliphatic carbocycles. The van der Waals surface area contributed by atoms with Crippen LogP contribution in [-0.2, 0) is 11.2 Å². The number of carboxylic acids is 1. The fraction of sp³-hybridized carbons (Fsp3) is 0.476. The predicted molar refractivity (Wildman–Crippen MR) is 99.1 cm³/mol. The average Bonchev–Trinajstić information content (AvgIpc) is 2.62. The zero-order valence-corrected chi connectivity index (χ0v) is 14.7. The van der Waals surface area contributed by atoms with E-state index in [0.717, 1.165) is 60.8 Å². The van der Waals surface area contributed by atoms with E-state index in [1.807, 2.05) is 25.1 Å². The Balaban J connectivity index is 1.77. The Labute approximate surface area is 148 Å². The molecule has 4 heteroatoms. The van der Waals surface area contributed by atoms with Crippen molar-refractivity contribution >= 4 is 22.6 Å². The van der Waals surface area contributed by atoms with Gasteiger partial charge < -0.3 is 5.11 Å². The molecule has 2 atom stereocenters. The lowest BCUT2D eigenvalue weighted by Gasteiger charge is -2.33. The lowest BCUT2D eigenvalue weighted by molar-refractivity contribution is -0.144. The highest BCUT2D eigenvalue weighted by Gasteiger charge is 2.41. The number of aromatic nitrogens is 1. The third-order valence-corrected chi connectivity index (χ3v) is 5.85. The molecule has 1 fully saturated rings. The topological polar surface area (TPSA) is 62.5 Å². The molecule has 0 radical (unpaired) electrons. The number of benzene rings is 1. The van der Waals surface area contributed by atoms with E-state index in [1.165, 1.54) is 5.56 Å². The van der Waals surface area contributed by atoms with Crippen molar-refractivity contribution in [1.82, 2.24) is 4.98 Å². The van der Waals surface area contributed by atoms with Crippen LogP contribution in [0.3, 0.4) is 0 Å². The molecule has 2 aliphatic rings. The van der Waals surface area contributed by atoms with Gasteiger partial charge in [-0.2, -0.15) is 0 Å². The standard InChI is InChI=1S/C21H24N2O2/c1-21(20(24)25)12-5-4-11-19(21)23-18-10-6-9-17-15(18)13-14-7-2-3-8-16(14)22-17/h2-3,7-8,13,18H,4-6,9-12H2,1H3,(H,24,25). The second-order valence-electron chi connectivity index (χ2n) is 7.55. The molecule has 1 heterocycles. The summed E-state index contributed by atoms with van der Waals surface area (Å²) in [5.74, 6) is -0.737. The minimum atomic E-state index is -0.805. The van der Waals surface area contributed by atoms with Crippen molar-refractivity contribution in [1.29, 1.82) is 0 Å². The van der Waals surface area contributed by atoms with Gasteiger partial charge in [-0.15, -0.1) is 0 Å². The summed E-state index contributed by atoms with van der Waals surface area (Å²) in [6.07, 6.45) is 6.52. The number of pyridine rings is 1. The first-order valence-electron chi connectivity index (χ1n) is 9.27. The molecule has 1 N–H and O–H groups in total. The molecule has 1 saturated carbocycles. The van der Waals surface area contributed by atoms with Crippen LogP contribution in [0.5, 0.6) is 0 Å². The Morgan fingerprint density at radius 2 is 2.08 bits per heavy atom. The molecule has 1 aromatic heterocycles. The molecule has 130 valence electrons. The zero-order chi connectivity index (χ0) is 17.4. The van der Waals surface area contributed by atoms with E-state index in [0.29, 0.717) is 6.42 Å². The highest BCUT2D eigenvalue weighted by atomic mass is 16.4. The average molecular weight is 336 g/mol. The second kappa shape index (κ2) is 6.25. The van der Waals surface area contributed by atoms with Crippen molar-refractivity contribution in [3.63, 3.8) is 0 Å². The van der Waals surface area contributed by atoms with Gasteiger partial charge in [0.1, 0.15) is 5.41 Å². The molecular weight excluding hydrogens is 312 g/mol. The van der Waals surface area contributed by atoms with Gasteiger partial charge in [-0.3, -0.25) is 14.8 Å². The molecule has 2 aromatic rings. The molecule has 2 unspecified atom stereocenters. The summed E-state index contributed by atoms with van der Waals surface area (Å²) in [7, 11) is 0. The monoisotopic (exact) mass is 336 g/mol. The third-order valence-electron chi connectivity index (χ3n) is 5.85. The van der Waals surface area contributed by atoms with Crippen molar-refractivity contribution in [2.24, 2.45) is 10.4 Å². The molecule has 1 aromatic carbocycles. The molecule has 0 spiro atoms. The molecule has 25 heavy (non-hydrogen) atoms. The Morgan fingerprint density at radius 1 is 1.24 bits per heavy atom. The largest absolute Gasteiger partial charge is 0.481 e. The smallest absolute Gasteiger partial charge is 0.315 e. The highest BCUT2D eigenvalue weighted by Crippen LogP contribution is 2.39. The molecule has 4 nitrogen and oxygen atoms in total. The van der Waals surface area contributed by atoms with E-state index in [1.54, 1.807) is 0 Å². The fourth-order valence-electron chi connectivity index (χ4n) is 4.23. The first-order chi connectivity index (χ1) is 12.1. The van der Waals surface area contributed by atoms with Crippen LogP contribution >= 0.6 is 0 Å². The van der Waals surface area contributed by atoms with Crippen molar-refractivity contribution in [2.45, 2.75) is 57.9 Å². The fourth-order valence-corrected chi connectivity index (χ4v) is 4.23. The Morgan fingerprint density at radius 3 is 2.92 bits per heavy atom. The number of fused-ring (bicyclic) bond motifs is 2. The normalized spacial score (nSPS) is 28.0. The minimum absolute atomic E-state index is 0.0487. The number of aliphatic imine (C=N–C) groups is 1. The van der Waals surface area contributed by atoms with E-state index in [4.69, 9.17) is 9.98 Å².